The van der Waals surface area contributed by atoms with E-state index in [1.165, 1.54) is 18.5 Å². The predicted molar refractivity (Wildman–Crippen MR) is 113 cm³/mol. The Labute approximate surface area is 171 Å². The first-order chi connectivity index (χ1) is 14.0. The van der Waals surface area contributed by atoms with Crippen LogP contribution in [0.15, 0.2) is 70.6 Å². The summed E-state index contributed by atoms with van der Waals surface area (Å²) in [6, 6.07) is 10.3. The highest BCUT2D eigenvalue weighted by atomic mass is 32.2. The van der Waals surface area contributed by atoms with E-state index in [-0.39, 0.29) is 10.8 Å². The first-order valence-corrected chi connectivity index (χ1v) is 11.0. The molecule has 3 heterocycles. The lowest BCUT2D eigenvalue weighted by molar-refractivity contribution is 0.600. The lowest BCUT2D eigenvalue weighted by atomic mass is 10.2. The summed E-state index contributed by atoms with van der Waals surface area (Å²) in [5.41, 5.74) is 3.08. The summed E-state index contributed by atoms with van der Waals surface area (Å²) in [6.45, 7) is 1.72. The summed E-state index contributed by atoms with van der Waals surface area (Å²) in [5, 5.41) is 7.12. The first-order valence-electron chi connectivity index (χ1n) is 8.54. The molecular formula is C19H16N6O2S2. The maximum atomic E-state index is 12.6. The van der Waals surface area contributed by atoms with Crippen molar-refractivity contribution in [2.45, 2.75) is 11.8 Å². The number of hydrogen-bond donors (Lipinski definition) is 2. The van der Waals surface area contributed by atoms with E-state index in [1.807, 2.05) is 22.9 Å². The van der Waals surface area contributed by atoms with E-state index in [2.05, 4.69) is 30.0 Å². The molecule has 0 bridgehead atoms. The number of nitrogens with zero attached hydrogens (tertiary/aromatic N) is 4. The highest BCUT2D eigenvalue weighted by molar-refractivity contribution is 7.92. The number of benzene rings is 1. The maximum absolute atomic E-state index is 12.6. The molecule has 4 rings (SSSR count). The zero-order valence-corrected chi connectivity index (χ0v) is 16.9. The second kappa shape index (κ2) is 7.94. The molecule has 29 heavy (non-hydrogen) atoms. The van der Waals surface area contributed by atoms with Crippen LogP contribution in [0.25, 0.3) is 11.3 Å². The van der Waals surface area contributed by atoms with Gasteiger partial charge in [-0.15, -0.1) is 0 Å². The summed E-state index contributed by atoms with van der Waals surface area (Å²) in [5.74, 6) is 0.451. The number of sulfonamides is 1. The molecule has 10 heteroatoms. The lowest BCUT2D eigenvalue weighted by Crippen LogP contribution is -2.16. The van der Waals surface area contributed by atoms with Gasteiger partial charge >= 0.3 is 0 Å². The Bertz CT molecular complexity index is 1230. The summed E-state index contributed by atoms with van der Waals surface area (Å²) < 4.78 is 27.6. The van der Waals surface area contributed by atoms with Crippen LogP contribution in [0.3, 0.4) is 0 Å². The fraction of sp³-hybridized carbons (Fsp3) is 0.0526. The zero-order valence-electron chi connectivity index (χ0n) is 15.3. The Morgan fingerprint density at radius 3 is 2.48 bits per heavy atom. The highest BCUT2D eigenvalue weighted by Crippen LogP contribution is 2.24. The molecule has 146 valence electrons. The summed E-state index contributed by atoms with van der Waals surface area (Å²) in [6.07, 6.45) is 4.61. The Balaban J connectivity index is 1.56. The number of thiophene rings is 1. The number of nitrogens with one attached hydrogen (secondary N) is 2. The average Bonchev–Trinajstić information content (AvgIpc) is 3.23. The molecule has 0 aliphatic carbocycles. The van der Waals surface area contributed by atoms with Gasteiger partial charge in [-0.3, -0.25) is 0 Å². The average molecular weight is 425 g/mol. The maximum Gasteiger partial charge on any atom is 0.264 e. The fourth-order valence-corrected chi connectivity index (χ4v) is 4.51. The normalized spacial score (nSPS) is 11.2. The minimum Gasteiger partial charge on any atom is -0.324 e. The number of hydrogen-bond acceptors (Lipinski definition) is 8. The van der Waals surface area contributed by atoms with Crippen molar-refractivity contribution in [1.29, 1.82) is 0 Å². The third-order valence-electron chi connectivity index (χ3n) is 3.98. The van der Waals surface area contributed by atoms with Gasteiger partial charge in [0.05, 0.1) is 10.6 Å². The van der Waals surface area contributed by atoms with Crippen molar-refractivity contribution in [3.05, 3.63) is 71.3 Å². The molecule has 1 aromatic carbocycles. The van der Waals surface area contributed by atoms with Crippen LogP contribution < -0.4 is 10.0 Å². The quantitative estimate of drug-likeness (QED) is 0.484. The van der Waals surface area contributed by atoms with Crippen LogP contribution in [0.5, 0.6) is 0 Å². The molecule has 0 atom stereocenters. The molecule has 0 saturated heterocycles. The molecule has 8 nitrogen and oxygen atoms in total. The van der Waals surface area contributed by atoms with Gasteiger partial charge in [-0.1, -0.05) is 0 Å². The largest absolute Gasteiger partial charge is 0.324 e. The Kier molecular flexibility index (Phi) is 5.19. The molecule has 0 saturated carbocycles. The van der Waals surface area contributed by atoms with Gasteiger partial charge in [0.2, 0.25) is 11.9 Å². The topological polar surface area (TPSA) is 110 Å². The number of anilines is 3. The number of aryl methyl sites for hydroxylation is 1. The highest BCUT2D eigenvalue weighted by Gasteiger charge is 2.18. The van der Waals surface area contributed by atoms with Crippen LogP contribution in [0, 0.1) is 6.92 Å². The van der Waals surface area contributed by atoms with Gasteiger partial charge in [-0.25, -0.2) is 33.1 Å². The van der Waals surface area contributed by atoms with E-state index in [0.29, 0.717) is 17.2 Å². The second-order valence-corrected chi connectivity index (χ2v) is 8.49. The monoisotopic (exact) mass is 424 g/mol. The Morgan fingerprint density at radius 1 is 0.966 bits per heavy atom. The molecule has 0 spiro atoms. The van der Waals surface area contributed by atoms with E-state index in [4.69, 9.17) is 0 Å². The molecule has 0 aliphatic heterocycles. The van der Waals surface area contributed by atoms with Crippen LogP contribution in [-0.4, -0.2) is 28.4 Å². The second-order valence-electron chi connectivity index (χ2n) is 6.06. The molecule has 0 radical (unpaired) electrons. The van der Waals surface area contributed by atoms with Crippen molar-refractivity contribution >= 4 is 38.9 Å². The van der Waals surface area contributed by atoms with Crippen LogP contribution in [0.2, 0.25) is 0 Å². The summed E-state index contributed by atoms with van der Waals surface area (Å²) >= 11 is 1.60. The van der Waals surface area contributed by atoms with Crippen molar-refractivity contribution in [2.75, 3.05) is 10.0 Å². The smallest absolute Gasteiger partial charge is 0.264 e. The zero-order chi connectivity index (χ0) is 20.3. The molecular weight excluding hydrogens is 408 g/mol. The first kappa shape index (κ1) is 19.0. The van der Waals surface area contributed by atoms with Crippen molar-refractivity contribution in [1.82, 2.24) is 19.9 Å². The van der Waals surface area contributed by atoms with Crippen LogP contribution in [-0.2, 0) is 10.0 Å². The minimum atomic E-state index is -3.80. The van der Waals surface area contributed by atoms with E-state index >= 15 is 0 Å². The summed E-state index contributed by atoms with van der Waals surface area (Å²) in [4.78, 5) is 16.7. The van der Waals surface area contributed by atoms with E-state index in [1.54, 1.807) is 42.7 Å². The lowest BCUT2D eigenvalue weighted by Gasteiger charge is -2.11. The molecule has 0 unspecified atom stereocenters. The number of aromatic nitrogens is 4. The minimum absolute atomic E-state index is 0.0211. The van der Waals surface area contributed by atoms with Crippen LogP contribution >= 0.6 is 11.3 Å². The molecule has 2 N–H and O–H groups in total. The van der Waals surface area contributed by atoms with E-state index in [9.17, 15) is 8.42 Å². The fourth-order valence-electron chi connectivity index (χ4n) is 2.67. The Morgan fingerprint density at radius 2 is 1.76 bits per heavy atom. The van der Waals surface area contributed by atoms with Crippen molar-refractivity contribution < 1.29 is 8.42 Å². The SMILES string of the molecule is Cc1cc(Nc2nccc(-c3ccsc3)n2)ccc1S(=O)(=O)Nc1ncccn1. The van der Waals surface area contributed by atoms with Gasteiger partial charge in [0, 0.05) is 35.2 Å². The predicted octanol–water partition coefficient (Wildman–Crippen LogP) is 3.85. The number of rotatable bonds is 6. The van der Waals surface area contributed by atoms with Gasteiger partial charge in [-0.2, -0.15) is 11.3 Å². The van der Waals surface area contributed by atoms with Gasteiger partial charge in [-0.05, 0) is 54.3 Å². The Hall–Kier alpha value is -3.37. The third kappa shape index (κ3) is 4.39. The van der Waals surface area contributed by atoms with Crippen LogP contribution in [0.1, 0.15) is 5.56 Å². The third-order valence-corrected chi connectivity index (χ3v) is 6.16. The molecule has 0 fully saturated rings. The van der Waals surface area contributed by atoms with Gasteiger partial charge < -0.3 is 5.32 Å². The van der Waals surface area contributed by atoms with Gasteiger partial charge in [0.15, 0.2) is 0 Å². The standard InChI is InChI=1S/C19H16N6O2S2/c1-13-11-15(23-19-22-9-5-16(24-19)14-6-10-28-12-14)3-4-17(13)29(26,27)25-18-20-7-2-8-21-18/h2-12H,1H3,(H,20,21,25)(H,22,23,24). The molecule has 0 aliphatic rings. The molecule has 4 aromatic rings. The van der Waals surface area contributed by atoms with Gasteiger partial charge in [0.25, 0.3) is 10.0 Å². The van der Waals surface area contributed by atoms with Crippen molar-refractivity contribution in [2.24, 2.45) is 0 Å². The van der Waals surface area contributed by atoms with E-state index in [0.717, 1.165) is 11.3 Å². The molecule has 0 amide bonds. The van der Waals surface area contributed by atoms with Crippen LogP contribution in [0.4, 0.5) is 17.6 Å². The molecule has 3 aromatic heterocycles. The van der Waals surface area contributed by atoms with Crippen molar-refractivity contribution in [3.63, 3.8) is 0 Å². The van der Waals surface area contributed by atoms with E-state index < -0.39 is 10.0 Å². The van der Waals surface area contributed by atoms with Crippen molar-refractivity contribution in [3.8, 4) is 11.3 Å². The van der Waals surface area contributed by atoms with Gasteiger partial charge in [0.1, 0.15) is 0 Å². The summed E-state index contributed by atoms with van der Waals surface area (Å²) in [7, 11) is -3.80.